The van der Waals surface area contributed by atoms with Crippen LogP contribution in [0.25, 0.3) is 6.08 Å². The highest BCUT2D eigenvalue weighted by atomic mass is 35.5. The number of carbonyl (C=O) groups excluding carboxylic acids is 1. The number of hydrogen-bond donors (Lipinski definition) is 1. The van der Waals surface area contributed by atoms with Gasteiger partial charge in [-0.25, -0.2) is 0 Å². The fraction of sp³-hybridized carbons (Fsp3) is 0.286. The van der Waals surface area contributed by atoms with E-state index in [0.717, 1.165) is 49.7 Å². The first-order chi connectivity index (χ1) is 12.7. The topological polar surface area (TPSA) is 35.6 Å². The van der Waals surface area contributed by atoms with E-state index < -0.39 is 0 Å². The van der Waals surface area contributed by atoms with Gasteiger partial charge in [-0.3, -0.25) is 4.79 Å². The van der Waals surface area contributed by atoms with Crippen LogP contribution in [0.4, 0.5) is 11.4 Å². The van der Waals surface area contributed by atoms with Gasteiger partial charge in [0.05, 0.1) is 16.4 Å². The van der Waals surface area contributed by atoms with Crippen LogP contribution < -0.4 is 10.2 Å². The zero-order valence-electron chi connectivity index (χ0n) is 15.0. The minimum Gasteiger partial charge on any atom is -0.366 e. The van der Waals surface area contributed by atoms with Crippen molar-refractivity contribution in [1.29, 1.82) is 0 Å². The molecule has 1 N–H and O–H groups in total. The lowest BCUT2D eigenvalue weighted by Crippen LogP contribution is -2.46. The van der Waals surface area contributed by atoms with Crippen LogP contribution in [0.1, 0.15) is 12.5 Å². The molecule has 1 saturated heterocycles. The molecule has 136 valence electrons. The van der Waals surface area contributed by atoms with Crippen molar-refractivity contribution in [3.8, 4) is 0 Å². The average molecular weight is 370 g/mol. The Morgan fingerprint density at radius 1 is 1.08 bits per heavy atom. The first-order valence-electron chi connectivity index (χ1n) is 8.97. The van der Waals surface area contributed by atoms with Crippen molar-refractivity contribution in [2.75, 3.05) is 42.9 Å². The SMILES string of the molecule is CCN1CCN(c2c(Cl)cccc2NC(=O)C=Cc2ccccc2)CC1. The van der Waals surface area contributed by atoms with Crippen LogP contribution in [-0.4, -0.2) is 43.5 Å². The van der Waals surface area contributed by atoms with Gasteiger partial charge in [-0.05, 0) is 30.3 Å². The summed E-state index contributed by atoms with van der Waals surface area (Å²) >= 11 is 6.46. The number of likely N-dealkylation sites (N-methyl/N-ethyl adjacent to an activating group) is 1. The number of rotatable bonds is 5. The second-order valence-electron chi connectivity index (χ2n) is 6.29. The number of nitrogens with zero attached hydrogens (tertiary/aromatic N) is 2. The van der Waals surface area contributed by atoms with Crippen molar-refractivity contribution in [1.82, 2.24) is 4.90 Å². The highest BCUT2D eigenvalue weighted by Crippen LogP contribution is 2.34. The summed E-state index contributed by atoms with van der Waals surface area (Å²) in [4.78, 5) is 17.0. The molecule has 0 unspecified atom stereocenters. The van der Waals surface area contributed by atoms with E-state index >= 15 is 0 Å². The Labute approximate surface area is 160 Å². The summed E-state index contributed by atoms with van der Waals surface area (Å²) in [5.74, 6) is -0.162. The van der Waals surface area contributed by atoms with Crippen LogP contribution >= 0.6 is 11.6 Å². The van der Waals surface area contributed by atoms with Crippen molar-refractivity contribution < 1.29 is 4.79 Å². The highest BCUT2D eigenvalue weighted by Gasteiger charge is 2.21. The van der Waals surface area contributed by atoms with Crippen LogP contribution in [-0.2, 0) is 4.79 Å². The van der Waals surface area contributed by atoms with Gasteiger partial charge < -0.3 is 15.1 Å². The third kappa shape index (κ3) is 4.65. The van der Waals surface area contributed by atoms with E-state index in [-0.39, 0.29) is 5.91 Å². The molecule has 4 nitrogen and oxygen atoms in total. The third-order valence-corrected chi connectivity index (χ3v) is 4.91. The van der Waals surface area contributed by atoms with Gasteiger partial charge in [0.2, 0.25) is 5.91 Å². The van der Waals surface area contributed by atoms with E-state index in [9.17, 15) is 4.79 Å². The molecule has 1 amide bonds. The second kappa shape index (κ2) is 8.88. The summed E-state index contributed by atoms with van der Waals surface area (Å²) in [6.45, 7) is 7.05. The van der Waals surface area contributed by atoms with E-state index in [1.165, 1.54) is 0 Å². The van der Waals surface area contributed by atoms with Gasteiger partial charge in [0.25, 0.3) is 0 Å². The summed E-state index contributed by atoms with van der Waals surface area (Å²) in [5.41, 5.74) is 2.65. The second-order valence-corrected chi connectivity index (χ2v) is 6.70. The molecule has 2 aromatic carbocycles. The van der Waals surface area contributed by atoms with Crippen molar-refractivity contribution in [2.45, 2.75) is 6.92 Å². The summed E-state index contributed by atoms with van der Waals surface area (Å²) in [6, 6.07) is 15.4. The van der Waals surface area contributed by atoms with Crippen molar-refractivity contribution in [3.05, 3.63) is 65.2 Å². The molecule has 0 atom stereocenters. The van der Waals surface area contributed by atoms with Crippen molar-refractivity contribution in [2.24, 2.45) is 0 Å². The molecule has 0 bridgehead atoms. The van der Waals surface area contributed by atoms with E-state index in [2.05, 4.69) is 22.0 Å². The van der Waals surface area contributed by atoms with E-state index in [0.29, 0.717) is 5.02 Å². The molecule has 1 heterocycles. The molecular weight excluding hydrogens is 346 g/mol. The first kappa shape index (κ1) is 18.5. The highest BCUT2D eigenvalue weighted by molar-refractivity contribution is 6.34. The van der Waals surface area contributed by atoms with Gasteiger partial charge in [-0.1, -0.05) is 54.9 Å². The van der Waals surface area contributed by atoms with Gasteiger partial charge in [0.15, 0.2) is 0 Å². The Kier molecular flexibility index (Phi) is 6.31. The molecule has 5 heteroatoms. The Bertz CT molecular complexity index is 768. The maximum atomic E-state index is 12.4. The van der Waals surface area contributed by atoms with Gasteiger partial charge in [0, 0.05) is 32.3 Å². The largest absolute Gasteiger partial charge is 0.366 e. The fourth-order valence-corrected chi connectivity index (χ4v) is 3.43. The summed E-state index contributed by atoms with van der Waals surface area (Å²) in [5, 5.41) is 3.65. The van der Waals surface area contributed by atoms with E-state index in [1.54, 1.807) is 12.2 Å². The van der Waals surface area contributed by atoms with Crippen LogP contribution in [0.3, 0.4) is 0 Å². The minimum atomic E-state index is -0.162. The maximum Gasteiger partial charge on any atom is 0.248 e. The standard InChI is InChI=1S/C21H24ClN3O/c1-2-24-13-15-25(16-14-24)21-18(22)9-6-10-19(21)23-20(26)12-11-17-7-4-3-5-8-17/h3-12H,2,13-16H2,1H3,(H,23,26). The monoisotopic (exact) mass is 369 g/mol. The van der Waals surface area contributed by atoms with Gasteiger partial charge in [-0.2, -0.15) is 0 Å². The van der Waals surface area contributed by atoms with Crippen molar-refractivity contribution in [3.63, 3.8) is 0 Å². The normalized spacial score (nSPS) is 15.4. The number of amides is 1. The molecular formula is C21H24ClN3O. The number of anilines is 2. The van der Waals surface area contributed by atoms with Gasteiger partial charge in [0.1, 0.15) is 0 Å². The van der Waals surface area contributed by atoms with Gasteiger partial charge >= 0.3 is 0 Å². The van der Waals surface area contributed by atoms with Crippen LogP contribution in [0.5, 0.6) is 0 Å². The van der Waals surface area contributed by atoms with E-state index in [1.807, 2.05) is 48.5 Å². The molecule has 0 spiro atoms. The van der Waals surface area contributed by atoms with Crippen molar-refractivity contribution >= 4 is 35.0 Å². The number of halogens is 1. The number of benzene rings is 2. The summed E-state index contributed by atoms with van der Waals surface area (Å²) in [6.07, 6.45) is 3.36. The third-order valence-electron chi connectivity index (χ3n) is 4.61. The zero-order valence-corrected chi connectivity index (χ0v) is 15.7. The Morgan fingerprint density at radius 3 is 2.50 bits per heavy atom. The van der Waals surface area contributed by atoms with Crippen LogP contribution in [0.2, 0.25) is 5.02 Å². The number of carbonyl (C=O) groups is 1. The number of hydrogen-bond acceptors (Lipinski definition) is 3. The number of nitrogens with one attached hydrogen (secondary N) is 1. The molecule has 1 aliphatic rings. The summed E-state index contributed by atoms with van der Waals surface area (Å²) < 4.78 is 0. The predicted molar refractivity (Wildman–Crippen MR) is 110 cm³/mol. The van der Waals surface area contributed by atoms with Gasteiger partial charge in [-0.15, -0.1) is 0 Å². The molecule has 3 rings (SSSR count). The lowest BCUT2D eigenvalue weighted by Gasteiger charge is -2.36. The van der Waals surface area contributed by atoms with E-state index in [4.69, 9.17) is 11.6 Å². The molecule has 1 aliphatic heterocycles. The lowest BCUT2D eigenvalue weighted by molar-refractivity contribution is -0.111. The lowest BCUT2D eigenvalue weighted by atomic mass is 10.2. The maximum absolute atomic E-state index is 12.4. The molecule has 0 aromatic heterocycles. The molecule has 0 saturated carbocycles. The Morgan fingerprint density at radius 2 is 1.81 bits per heavy atom. The Hall–Kier alpha value is -2.30. The summed E-state index contributed by atoms with van der Waals surface area (Å²) in [7, 11) is 0. The molecule has 1 fully saturated rings. The molecule has 26 heavy (non-hydrogen) atoms. The predicted octanol–water partition coefficient (Wildman–Crippen LogP) is 4.13. The molecule has 0 aliphatic carbocycles. The average Bonchev–Trinajstić information content (AvgIpc) is 2.68. The zero-order chi connectivity index (χ0) is 18.4. The first-order valence-corrected chi connectivity index (χ1v) is 9.35. The van der Waals surface area contributed by atoms with Crippen LogP contribution in [0, 0.1) is 0 Å². The number of para-hydroxylation sites is 1. The minimum absolute atomic E-state index is 0.162. The Balaban J connectivity index is 1.73. The fourth-order valence-electron chi connectivity index (χ4n) is 3.14. The quantitative estimate of drug-likeness (QED) is 0.805. The molecule has 0 radical (unpaired) electrons. The van der Waals surface area contributed by atoms with Crippen LogP contribution in [0.15, 0.2) is 54.6 Å². The smallest absolute Gasteiger partial charge is 0.248 e. The number of piperazine rings is 1. The molecule has 2 aromatic rings.